The number of nitrogens with one attached hydrogen (secondary N) is 3. The van der Waals surface area contributed by atoms with Crippen molar-refractivity contribution >= 4 is 40.6 Å². The van der Waals surface area contributed by atoms with E-state index in [0.29, 0.717) is 24.6 Å². The quantitative estimate of drug-likeness (QED) is 0.0998. The molecule has 2 heterocycles. The second kappa shape index (κ2) is 15.5. The number of aromatic nitrogens is 4. The maximum Gasteiger partial charge on any atom is 0.326 e. The lowest BCUT2D eigenvalue weighted by atomic mass is 10.1. The molecule has 7 N–H and O–H groups in total. The molecule has 0 aliphatic carbocycles. The summed E-state index contributed by atoms with van der Waals surface area (Å²) in [5.74, 6) is -0.370. The minimum atomic E-state index is -1.25. The predicted molar refractivity (Wildman–Crippen MR) is 147 cm³/mol. The number of rotatable bonds is 16. The Hall–Kier alpha value is -5.07. The highest BCUT2D eigenvalue weighted by atomic mass is 16.5. The number of aromatic hydroxyl groups is 1. The van der Waals surface area contributed by atoms with Crippen molar-refractivity contribution in [2.75, 3.05) is 44.0 Å². The molecule has 0 saturated carbocycles. The van der Waals surface area contributed by atoms with E-state index < -0.39 is 17.9 Å². The Labute approximate surface area is 234 Å². The molecular formula is C26H30N8O7. The van der Waals surface area contributed by atoms with Crippen molar-refractivity contribution in [1.82, 2.24) is 30.6 Å². The molecule has 15 heteroatoms. The molecule has 0 bridgehead atoms. The van der Waals surface area contributed by atoms with Gasteiger partial charge in [-0.3, -0.25) is 9.59 Å². The van der Waals surface area contributed by atoms with Gasteiger partial charge in [0, 0.05) is 24.2 Å². The molecule has 0 unspecified atom stereocenters. The van der Waals surface area contributed by atoms with Crippen molar-refractivity contribution in [3.8, 4) is 18.2 Å². The van der Waals surface area contributed by atoms with Crippen molar-refractivity contribution in [3.63, 3.8) is 0 Å². The maximum atomic E-state index is 12.6. The summed E-state index contributed by atoms with van der Waals surface area (Å²) in [6.07, 6.45) is 6.35. The van der Waals surface area contributed by atoms with E-state index >= 15 is 0 Å². The summed E-state index contributed by atoms with van der Waals surface area (Å²) in [7, 11) is 0. The average molecular weight is 567 g/mol. The second-order valence-electron chi connectivity index (χ2n) is 8.49. The van der Waals surface area contributed by atoms with Gasteiger partial charge in [0.1, 0.15) is 12.6 Å². The average Bonchev–Trinajstić information content (AvgIpc) is 2.95. The lowest BCUT2D eigenvalue weighted by Gasteiger charge is -2.15. The van der Waals surface area contributed by atoms with Crippen LogP contribution in [0.2, 0.25) is 0 Å². The minimum Gasteiger partial charge on any atom is -0.492 e. The van der Waals surface area contributed by atoms with Crippen molar-refractivity contribution in [2.45, 2.75) is 25.4 Å². The van der Waals surface area contributed by atoms with Gasteiger partial charge in [-0.1, -0.05) is 5.92 Å². The number of hydrogen-bond donors (Lipinski definition) is 6. The normalized spacial score (nSPS) is 11.4. The number of carbonyl (C=O) groups is 3. The van der Waals surface area contributed by atoms with Crippen LogP contribution in [0.15, 0.2) is 30.5 Å². The lowest BCUT2D eigenvalue weighted by molar-refractivity contribution is -0.139. The Bertz CT molecular complexity index is 1400. The summed E-state index contributed by atoms with van der Waals surface area (Å²) in [4.78, 5) is 52.3. The number of nitrogens with two attached hydrogens (primary N) is 1. The third kappa shape index (κ3) is 9.88. The molecule has 0 fully saturated rings. The summed E-state index contributed by atoms with van der Waals surface area (Å²) in [5.41, 5.74) is 7.15. The largest absolute Gasteiger partial charge is 0.492 e. The number of carbonyl (C=O) groups excluding carboxylic acids is 2. The monoisotopic (exact) mass is 566 g/mol. The Balaban J connectivity index is 1.43. The number of terminal acetylenes is 1. The topological polar surface area (TPSA) is 224 Å². The first-order valence-corrected chi connectivity index (χ1v) is 12.5. The molecule has 2 aromatic heterocycles. The molecule has 41 heavy (non-hydrogen) atoms. The van der Waals surface area contributed by atoms with Crippen LogP contribution in [0.1, 0.15) is 28.9 Å². The van der Waals surface area contributed by atoms with E-state index in [1.165, 1.54) is 18.3 Å². The Morgan fingerprint density at radius 1 is 1.07 bits per heavy atom. The Morgan fingerprint density at radius 3 is 2.56 bits per heavy atom. The molecule has 3 rings (SSSR count). The SMILES string of the molecule is C#CCOCCOCCNC(=O)CC[C@H](NC(=O)c1ccc(NCc2cnc3nc(N)nc(O)c3n2)cc1)C(=O)O. The van der Waals surface area contributed by atoms with Gasteiger partial charge in [0.15, 0.2) is 11.2 Å². The zero-order valence-corrected chi connectivity index (χ0v) is 22.0. The summed E-state index contributed by atoms with van der Waals surface area (Å²) in [6, 6.07) is 5.07. The number of fused-ring (bicyclic) bond motifs is 1. The van der Waals surface area contributed by atoms with Crippen LogP contribution in [0, 0.1) is 12.3 Å². The molecule has 0 aliphatic rings. The molecule has 15 nitrogen and oxygen atoms in total. The van der Waals surface area contributed by atoms with Crippen LogP contribution in [0.25, 0.3) is 11.2 Å². The van der Waals surface area contributed by atoms with Gasteiger partial charge in [-0.15, -0.1) is 6.42 Å². The first kappa shape index (κ1) is 30.5. The van der Waals surface area contributed by atoms with Crippen molar-refractivity contribution in [2.24, 2.45) is 0 Å². The smallest absolute Gasteiger partial charge is 0.326 e. The van der Waals surface area contributed by atoms with Gasteiger partial charge in [0.2, 0.25) is 17.7 Å². The number of benzene rings is 1. The van der Waals surface area contributed by atoms with Crippen molar-refractivity contribution in [1.29, 1.82) is 0 Å². The Morgan fingerprint density at radius 2 is 1.83 bits per heavy atom. The zero-order valence-electron chi connectivity index (χ0n) is 22.0. The standard InChI is InChI=1S/C26H30N8O7/c1-2-10-40-12-13-41-11-9-28-20(35)8-7-19(25(38)39)32-23(36)16-3-5-17(6-4-16)29-14-18-15-30-22-21(31-18)24(37)34-26(27)33-22/h1,3-6,15,19,29H,7-14H2,(H,28,35)(H,32,36)(H,38,39)(H3,27,30,33,34,37)/t19-/m0/s1. The van der Waals surface area contributed by atoms with Gasteiger partial charge in [-0.2, -0.15) is 9.97 Å². The molecule has 216 valence electrons. The summed E-state index contributed by atoms with van der Waals surface area (Å²) in [5, 5.41) is 27.6. The van der Waals surface area contributed by atoms with E-state index in [2.05, 4.69) is 41.8 Å². The summed E-state index contributed by atoms with van der Waals surface area (Å²) >= 11 is 0. The van der Waals surface area contributed by atoms with E-state index in [0.717, 1.165) is 0 Å². The van der Waals surface area contributed by atoms with Gasteiger partial charge in [0.05, 0.1) is 38.3 Å². The fourth-order valence-electron chi connectivity index (χ4n) is 3.44. The van der Waals surface area contributed by atoms with Gasteiger partial charge in [-0.05, 0) is 30.7 Å². The number of amides is 2. The third-order valence-corrected chi connectivity index (χ3v) is 5.47. The highest BCUT2D eigenvalue weighted by molar-refractivity contribution is 5.97. The molecule has 0 spiro atoms. The molecule has 1 atom stereocenters. The van der Waals surface area contributed by atoms with Crippen molar-refractivity contribution < 1.29 is 34.1 Å². The molecular weight excluding hydrogens is 536 g/mol. The fourth-order valence-corrected chi connectivity index (χ4v) is 3.44. The summed E-state index contributed by atoms with van der Waals surface area (Å²) < 4.78 is 10.3. The predicted octanol–water partition coefficient (Wildman–Crippen LogP) is 0.0655. The van der Waals surface area contributed by atoms with Crippen LogP contribution < -0.4 is 21.7 Å². The van der Waals surface area contributed by atoms with Crippen LogP contribution in [0.4, 0.5) is 11.6 Å². The molecule has 2 amide bonds. The number of ether oxygens (including phenoxy) is 2. The van der Waals surface area contributed by atoms with Gasteiger partial charge in [-0.25, -0.2) is 14.8 Å². The van der Waals surface area contributed by atoms with Crippen molar-refractivity contribution in [3.05, 3.63) is 41.7 Å². The van der Waals surface area contributed by atoms with E-state index in [1.807, 2.05) is 0 Å². The van der Waals surface area contributed by atoms with E-state index in [9.17, 15) is 24.6 Å². The number of nitrogens with zero attached hydrogens (tertiary/aromatic N) is 4. The zero-order chi connectivity index (χ0) is 29.6. The molecule has 1 aromatic carbocycles. The van der Waals surface area contributed by atoms with E-state index in [-0.39, 0.29) is 73.6 Å². The van der Waals surface area contributed by atoms with Crippen LogP contribution in [-0.4, -0.2) is 86.9 Å². The number of nitrogen functional groups attached to an aromatic ring is 1. The number of anilines is 2. The van der Waals surface area contributed by atoms with E-state index in [1.54, 1.807) is 12.1 Å². The number of aliphatic carboxylic acids is 1. The first-order chi connectivity index (χ1) is 19.8. The molecule has 3 aromatic rings. The maximum absolute atomic E-state index is 12.6. The van der Waals surface area contributed by atoms with Gasteiger partial charge < -0.3 is 41.4 Å². The van der Waals surface area contributed by atoms with Crippen LogP contribution in [0.3, 0.4) is 0 Å². The molecule has 0 saturated heterocycles. The van der Waals surface area contributed by atoms with Gasteiger partial charge >= 0.3 is 5.97 Å². The fraction of sp³-hybridized carbons (Fsp3) is 0.346. The number of carboxylic acid groups (broad SMARTS) is 1. The van der Waals surface area contributed by atoms with Crippen LogP contribution in [0.5, 0.6) is 5.88 Å². The highest BCUT2D eigenvalue weighted by Gasteiger charge is 2.21. The minimum absolute atomic E-state index is 0.0900. The molecule has 0 radical (unpaired) electrons. The Kier molecular flexibility index (Phi) is 11.5. The van der Waals surface area contributed by atoms with E-state index in [4.69, 9.17) is 21.6 Å². The number of hydrogen-bond acceptors (Lipinski definition) is 12. The number of carboxylic acids is 1. The lowest BCUT2D eigenvalue weighted by Crippen LogP contribution is -2.41. The highest BCUT2D eigenvalue weighted by Crippen LogP contribution is 2.19. The first-order valence-electron chi connectivity index (χ1n) is 12.5. The third-order valence-electron chi connectivity index (χ3n) is 5.47. The van der Waals surface area contributed by atoms with Crippen LogP contribution in [-0.2, 0) is 25.6 Å². The summed E-state index contributed by atoms with van der Waals surface area (Å²) in [6.45, 7) is 1.63. The van der Waals surface area contributed by atoms with Crippen LogP contribution >= 0.6 is 0 Å². The van der Waals surface area contributed by atoms with Gasteiger partial charge in [0.25, 0.3) is 5.91 Å². The molecule has 0 aliphatic heterocycles. The second-order valence-corrected chi connectivity index (χ2v) is 8.49.